The summed E-state index contributed by atoms with van der Waals surface area (Å²) in [5.41, 5.74) is 0.430. The van der Waals surface area contributed by atoms with E-state index in [1.54, 1.807) is 4.90 Å². The van der Waals surface area contributed by atoms with Crippen molar-refractivity contribution in [2.75, 3.05) is 18.4 Å². The maximum atomic E-state index is 12.1. The molecule has 0 radical (unpaired) electrons. The minimum absolute atomic E-state index is 0.184. The number of rotatable bonds is 2. The van der Waals surface area contributed by atoms with Crippen LogP contribution in [-0.4, -0.2) is 45.9 Å². The van der Waals surface area contributed by atoms with E-state index in [4.69, 9.17) is 4.74 Å². The summed E-state index contributed by atoms with van der Waals surface area (Å²) in [4.78, 5) is 13.9. The van der Waals surface area contributed by atoms with Crippen molar-refractivity contribution < 1.29 is 9.53 Å². The third kappa shape index (κ3) is 4.88. The van der Waals surface area contributed by atoms with E-state index < -0.39 is 5.60 Å². The number of aryl methyl sites for hydroxylation is 1. The highest BCUT2D eigenvalue weighted by Crippen LogP contribution is 2.17. The molecule has 0 saturated carbocycles. The SMILES string of the molecule is Cc1ccc(NC2CCCN(C(=O)OC(C)(C)C)C2)nn1. The van der Waals surface area contributed by atoms with Crippen molar-refractivity contribution in [3.05, 3.63) is 17.8 Å². The van der Waals surface area contributed by atoms with Crippen LogP contribution >= 0.6 is 0 Å². The first-order chi connectivity index (χ1) is 9.83. The van der Waals surface area contributed by atoms with Gasteiger partial charge in [0.1, 0.15) is 11.4 Å². The van der Waals surface area contributed by atoms with Gasteiger partial charge >= 0.3 is 6.09 Å². The minimum atomic E-state index is -0.458. The topological polar surface area (TPSA) is 67.4 Å². The fraction of sp³-hybridized carbons (Fsp3) is 0.667. The van der Waals surface area contributed by atoms with Gasteiger partial charge in [-0.05, 0) is 52.7 Å². The van der Waals surface area contributed by atoms with Crippen LogP contribution in [0.15, 0.2) is 12.1 Å². The van der Waals surface area contributed by atoms with Gasteiger partial charge in [-0.15, -0.1) is 5.10 Å². The van der Waals surface area contributed by atoms with Crippen molar-refractivity contribution in [1.82, 2.24) is 15.1 Å². The zero-order chi connectivity index (χ0) is 15.5. The molecule has 2 rings (SSSR count). The second-order valence-corrected chi connectivity index (χ2v) is 6.47. The molecule has 0 bridgehead atoms. The number of nitrogens with zero attached hydrogens (tertiary/aromatic N) is 3. The Kier molecular flexibility index (Phi) is 4.65. The third-order valence-electron chi connectivity index (χ3n) is 3.22. The van der Waals surface area contributed by atoms with Gasteiger partial charge in [0.2, 0.25) is 0 Å². The normalized spacial score (nSPS) is 19.2. The van der Waals surface area contributed by atoms with Gasteiger partial charge in [0.15, 0.2) is 0 Å². The van der Waals surface area contributed by atoms with Crippen molar-refractivity contribution in [2.24, 2.45) is 0 Å². The monoisotopic (exact) mass is 292 g/mol. The molecule has 116 valence electrons. The van der Waals surface area contributed by atoms with Crippen LogP contribution in [0.2, 0.25) is 0 Å². The number of aromatic nitrogens is 2. The van der Waals surface area contributed by atoms with E-state index in [2.05, 4.69) is 15.5 Å². The molecule has 1 unspecified atom stereocenters. The Morgan fingerprint density at radius 3 is 2.76 bits per heavy atom. The highest BCUT2D eigenvalue weighted by molar-refractivity contribution is 5.68. The van der Waals surface area contributed by atoms with Crippen molar-refractivity contribution >= 4 is 11.9 Å². The van der Waals surface area contributed by atoms with E-state index in [1.165, 1.54) is 0 Å². The molecule has 1 aromatic heterocycles. The molecule has 6 heteroatoms. The summed E-state index contributed by atoms with van der Waals surface area (Å²) < 4.78 is 5.42. The molecular weight excluding hydrogens is 268 g/mol. The summed E-state index contributed by atoms with van der Waals surface area (Å²) in [6, 6.07) is 4.02. The number of piperidine rings is 1. The fourth-order valence-electron chi connectivity index (χ4n) is 2.27. The molecule has 1 saturated heterocycles. The molecule has 6 nitrogen and oxygen atoms in total. The number of carbonyl (C=O) groups is 1. The number of anilines is 1. The van der Waals surface area contributed by atoms with Crippen LogP contribution in [0, 0.1) is 6.92 Å². The Labute approximate surface area is 125 Å². The highest BCUT2D eigenvalue weighted by Gasteiger charge is 2.27. The van der Waals surface area contributed by atoms with Crippen molar-refractivity contribution in [2.45, 2.75) is 52.2 Å². The molecule has 0 aromatic carbocycles. The first-order valence-electron chi connectivity index (χ1n) is 7.38. The standard InChI is InChI=1S/C15H24N4O2/c1-11-7-8-13(18-17-11)16-12-6-5-9-19(10-12)14(20)21-15(2,3)4/h7-8,12H,5-6,9-10H2,1-4H3,(H,16,18). The van der Waals surface area contributed by atoms with Gasteiger partial charge in [0.25, 0.3) is 0 Å². The Balaban J connectivity index is 1.91. The fourth-order valence-corrected chi connectivity index (χ4v) is 2.27. The van der Waals surface area contributed by atoms with Crippen molar-refractivity contribution in [1.29, 1.82) is 0 Å². The predicted molar refractivity (Wildman–Crippen MR) is 81.2 cm³/mol. The molecule has 1 aliphatic heterocycles. The lowest BCUT2D eigenvalue weighted by atomic mass is 10.1. The maximum absolute atomic E-state index is 12.1. The zero-order valence-corrected chi connectivity index (χ0v) is 13.2. The van der Waals surface area contributed by atoms with Gasteiger partial charge in [-0.25, -0.2) is 4.79 Å². The number of nitrogens with one attached hydrogen (secondary N) is 1. The second-order valence-electron chi connectivity index (χ2n) is 6.47. The third-order valence-corrected chi connectivity index (χ3v) is 3.22. The lowest BCUT2D eigenvalue weighted by Gasteiger charge is -2.34. The largest absolute Gasteiger partial charge is 0.444 e. The van der Waals surface area contributed by atoms with Gasteiger partial charge in [-0.1, -0.05) is 0 Å². The molecule has 1 N–H and O–H groups in total. The maximum Gasteiger partial charge on any atom is 0.410 e. The quantitative estimate of drug-likeness (QED) is 0.907. The Bertz CT molecular complexity index is 481. The van der Waals surface area contributed by atoms with E-state index in [1.807, 2.05) is 39.8 Å². The molecule has 1 amide bonds. The molecule has 0 aliphatic carbocycles. The van der Waals surface area contributed by atoms with E-state index in [9.17, 15) is 4.79 Å². The van der Waals surface area contributed by atoms with E-state index in [-0.39, 0.29) is 12.1 Å². The average Bonchev–Trinajstić information content (AvgIpc) is 2.40. The van der Waals surface area contributed by atoms with Crippen LogP contribution in [0.25, 0.3) is 0 Å². The summed E-state index contributed by atoms with van der Waals surface area (Å²) in [6.45, 7) is 8.92. The number of likely N-dealkylation sites (tertiary alicyclic amines) is 1. The van der Waals surface area contributed by atoms with Crippen LogP contribution in [0.4, 0.5) is 10.6 Å². The summed E-state index contributed by atoms with van der Waals surface area (Å²) in [5.74, 6) is 0.747. The first-order valence-corrected chi connectivity index (χ1v) is 7.38. The Morgan fingerprint density at radius 1 is 1.38 bits per heavy atom. The molecule has 1 aromatic rings. The van der Waals surface area contributed by atoms with E-state index in [0.29, 0.717) is 6.54 Å². The summed E-state index contributed by atoms with van der Waals surface area (Å²) in [7, 11) is 0. The summed E-state index contributed by atoms with van der Waals surface area (Å²) >= 11 is 0. The first kappa shape index (κ1) is 15.5. The van der Waals surface area contributed by atoms with Crippen LogP contribution in [-0.2, 0) is 4.74 Å². The summed E-state index contributed by atoms with van der Waals surface area (Å²) in [5, 5.41) is 11.5. The van der Waals surface area contributed by atoms with Crippen molar-refractivity contribution in [3.63, 3.8) is 0 Å². The average molecular weight is 292 g/mol. The Hall–Kier alpha value is -1.85. The van der Waals surface area contributed by atoms with Crippen LogP contribution in [0.3, 0.4) is 0 Å². The summed E-state index contributed by atoms with van der Waals surface area (Å²) in [6.07, 6.45) is 1.72. The number of hydrogen-bond donors (Lipinski definition) is 1. The minimum Gasteiger partial charge on any atom is -0.444 e. The van der Waals surface area contributed by atoms with Gasteiger partial charge in [0.05, 0.1) is 5.69 Å². The number of carbonyl (C=O) groups excluding carboxylic acids is 1. The van der Waals surface area contributed by atoms with Gasteiger partial charge in [0, 0.05) is 19.1 Å². The molecule has 1 aliphatic rings. The molecule has 21 heavy (non-hydrogen) atoms. The number of amides is 1. The van der Waals surface area contributed by atoms with Crippen LogP contribution < -0.4 is 5.32 Å². The lowest BCUT2D eigenvalue weighted by Crippen LogP contribution is -2.47. The van der Waals surface area contributed by atoms with Crippen molar-refractivity contribution in [3.8, 4) is 0 Å². The zero-order valence-electron chi connectivity index (χ0n) is 13.2. The van der Waals surface area contributed by atoms with E-state index >= 15 is 0 Å². The number of ether oxygens (including phenoxy) is 1. The van der Waals surface area contributed by atoms with Gasteiger partial charge in [-0.3, -0.25) is 0 Å². The predicted octanol–water partition coefficient (Wildman–Crippen LogP) is 2.60. The van der Waals surface area contributed by atoms with Gasteiger partial charge in [-0.2, -0.15) is 5.10 Å². The van der Waals surface area contributed by atoms with Crippen LogP contribution in [0.5, 0.6) is 0 Å². The van der Waals surface area contributed by atoms with Gasteiger partial charge < -0.3 is 15.0 Å². The molecule has 0 spiro atoms. The highest BCUT2D eigenvalue weighted by atomic mass is 16.6. The molecule has 1 atom stereocenters. The molecular formula is C15H24N4O2. The van der Waals surface area contributed by atoms with Crippen LogP contribution in [0.1, 0.15) is 39.3 Å². The molecule has 2 heterocycles. The Morgan fingerprint density at radius 2 is 2.14 bits per heavy atom. The van der Waals surface area contributed by atoms with E-state index in [0.717, 1.165) is 30.9 Å². The number of hydrogen-bond acceptors (Lipinski definition) is 5. The lowest BCUT2D eigenvalue weighted by molar-refractivity contribution is 0.0206. The molecule has 1 fully saturated rings. The second kappa shape index (κ2) is 6.28. The smallest absolute Gasteiger partial charge is 0.410 e.